The molecule has 3 aromatic rings. The van der Waals surface area contributed by atoms with E-state index in [9.17, 15) is 4.79 Å². The number of halogens is 1. The Balaban J connectivity index is 1.70. The van der Waals surface area contributed by atoms with Crippen LogP contribution in [-0.4, -0.2) is 30.2 Å². The number of ether oxygens (including phenoxy) is 2. The van der Waals surface area contributed by atoms with Gasteiger partial charge in [-0.15, -0.1) is 0 Å². The van der Waals surface area contributed by atoms with Crippen molar-refractivity contribution in [1.29, 1.82) is 0 Å². The molecule has 0 bridgehead atoms. The van der Waals surface area contributed by atoms with E-state index in [1.165, 1.54) is 13.4 Å². The first-order valence-electron chi connectivity index (χ1n) is 8.43. The van der Waals surface area contributed by atoms with Crippen LogP contribution >= 0.6 is 11.6 Å². The highest BCUT2D eigenvalue weighted by Crippen LogP contribution is 2.26. The molecule has 0 unspecified atom stereocenters. The molecule has 0 aliphatic heterocycles. The average molecular weight is 399 g/mol. The summed E-state index contributed by atoms with van der Waals surface area (Å²) in [5.74, 6) is 1.55. The topological polar surface area (TPSA) is 85.4 Å². The van der Waals surface area contributed by atoms with Gasteiger partial charge < -0.3 is 20.1 Å². The van der Waals surface area contributed by atoms with E-state index >= 15 is 0 Å². The number of methoxy groups -OCH3 is 2. The quantitative estimate of drug-likeness (QED) is 0.574. The molecule has 0 saturated heterocycles. The maximum Gasteiger partial charge on any atom is 0.337 e. The first-order chi connectivity index (χ1) is 13.6. The van der Waals surface area contributed by atoms with Crippen molar-refractivity contribution < 1.29 is 14.3 Å². The summed E-state index contributed by atoms with van der Waals surface area (Å²) in [4.78, 5) is 20.1. The van der Waals surface area contributed by atoms with Crippen LogP contribution in [0.3, 0.4) is 0 Å². The molecule has 0 saturated carbocycles. The van der Waals surface area contributed by atoms with E-state index in [2.05, 4.69) is 20.6 Å². The summed E-state index contributed by atoms with van der Waals surface area (Å²) in [7, 11) is 2.96. The van der Waals surface area contributed by atoms with Crippen molar-refractivity contribution in [3.05, 3.63) is 71.0 Å². The number of carbonyl (C=O) groups is 1. The first-order valence-corrected chi connectivity index (χ1v) is 8.80. The van der Waals surface area contributed by atoms with Crippen LogP contribution in [0.25, 0.3) is 0 Å². The highest BCUT2D eigenvalue weighted by Gasteiger charge is 2.10. The number of esters is 1. The molecule has 144 valence electrons. The smallest absolute Gasteiger partial charge is 0.337 e. The van der Waals surface area contributed by atoms with Gasteiger partial charge in [0.25, 0.3) is 0 Å². The first kappa shape index (κ1) is 19.4. The van der Waals surface area contributed by atoms with Crippen molar-refractivity contribution in [3.8, 4) is 5.75 Å². The van der Waals surface area contributed by atoms with Gasteiger partial charge in [0.2, 0.25) is 0 Å². The summed E-state index contributed by atoms with van der Waals surface area (Å²) in [5, 5.41) is 6.79. The van der Waals surface area contributed by atoms with Crippen LogP contribution < -0.4 is 15.4 Å². The Labute approximate surface area is 167 Å². The van der Waals surface area contributed by atoms with Crippen molar-refractivity contribution in [3.63, 3.8) is 0 Å². The van der Waals surface area contributed by atoms with E-state index in [-0.39, 0.29) is 0 Å². The molecule has 3 rings (SSSR count). The zero-order valence-corrected chi connectivity index (χ0v) is 16.2. The van der Waals surface area contributed by atoms with Gasteiger partial charge in [0.1, 0.15) is 23.7 Å². The van der Waals surface area contributed by atoms with Crippen LogP contribution in [0.4, 0.5) is 17.3 Å². The van der Waals surface area contributed by atoms with E-state index in [1.807, 2.05) is 24.3 Å². The fourth-order valence-corrected chi connectivity index (χ4v) is 2.63. The second-order valence-corrected chi connectivity index (χ2v) is 6.21. The fraction of sp³-hybridized carbons (Fsp3) is 0.150. The summed E-state index contributed by atoms with van der Waals surface area (Å²) in [6.45, 7) is 0.596. The number of hydrogen-bond donors (Lipinski definition) is 2. The van der Waals surface area contributed by atoms with Crippen LogP contribution in [0.5, 0.6) is 5.75 Å². The van der Waals surface area contributed by atoms with Gasteiger partial charge in [0.15, 0.2) is 0 Å². The Kier molecular flexibility index (Phi) is 6.29. The van der Waals surface area contributed by atoms with Gasteiger partial charge in [0.05, 0.1) is 30.5 Å². The third-order valence-electron chi connectivity index (χ3n) is 3.95. The van der Waals surface area contributed by atoms with Crippen LogP contribution in [0.15, 0.2) is 54.9 Å². The fourth-order valence-electron chi connectivity index (χ4n) is 2.46. The molecule has 7 nitrogen and oxygen atoms in total. The Morgan fingerprint density at radius 3 is 2.50 bits per heavy atom. The second-order valence-electron chi connectivity index (χ2n) is 5.80. The summed E-state index contributed by atoms with van der Waals surface area (Å²) in [6.07, 6.45) is 1.44. The molecule has 0 atom stereocenters. The molecule has 0 aliphatic rings. The maximum atomic E-state index is 11.7. The Morgan fingerprint density at radius 2 is 1.79 bits per heavy atom. The molecule has 2 N–H and O–H groups in total. The van der Waals surface area contributed by atoms with E-state index in [4.69, 9.17) is 21.1 Å². The van der Waals surface area contributed by atoms with Gasteiger partial charge >= 0.3 is 5.97 Å². The normalized spacial score (nSPS) is 10.2. The molecule has 0 fully saturated rings. The van der Waals surface area contributed by atoms with E-state index < -0.39 is 5.97 Å². The zero-order valence-electron chi connectivity index (χ0n) is 15.4. The lowest BCUT2D eigenvalue weighted by atomic mass is 10.2. The van der Waals surface area contributed by atoms with E-state index in [0.717, 1.165) is 11.3 Å². The highest BCUT2D eigenvalue weighted by atomic mass is 35.5. The number of nitrogens with one attached hydrogen (secondary N) is 2. The van der Waals surface area contributed by atoms with E-state index in [1.54, 1.807) is 31.4 Å². The lowest BCUT2D eigenvalue weighted by molar-refractivity contribution is 0.0601. The molecule has 1 heterocycles. The molecule has 0 amide bonds. The monoisotopic (exact) mass is 398 g/mol. The number of benzene rings is 2. The van der Waals surface area contributed by atoms with Crippen LogP contribution in [0, 0.1) is 0 Å². The average Bonchev–Trinajstić information content (AvgIpc) is 2.74. The zero-order chi connectivity index (χ0) is 19.9. The number of nitrogens with zero attached hydrogens (tertiary/aromatic N) is 2. The number of anilines is 3. The van der Waals surface area contributed by atoms with Crippen LogP contribution in [0.1, 0.15) is 15.9 Å². The number of hydrogen-bond acceptors (Lipinski definition) is 7. The third kappa shape index (κ3) is 4.89. The van der Waals surface area contributed by atoms with Crippen molar-refractivity contribution in [2.75, 3.05) is 24.9 Å². The Morgan fingerprint density at radius 1 is 1.04 bits per heavy atom. The van der Waals surface area contributed by atoms with Crippen molar-refractivity contribution in [2.45, 2.75) is 6.54 Å². The molecule has 28 heavy (non-hydrogen) atoms. The predicted molar refractivity (Wildman–Crippen MR) is 108 cm³/mol. The largest absolute Gasteiger partial charge is 0.497 e. The molecule has 8 heteroatoms. The number of rotatable bonds is 7. The summed E-state index contributed by atoms with van der Waals surface area (Å²) >= 11 is 6.22. The molecular formula is C20H19ClN4O3. The summed E-state index contributed by atoms with van der Waals surface area (Å²) in [5.41, 5.74) is 2.02. The second kappa shape index (κ2) is 9.05. The standard InChI is InChI=1S/C20H19ClN4O3/c1-27-15-6-3-13(4-7-15)11-22-18-10-19(24-12-23-18)25-17-9-14(20(26)28-2)5-8-16(17)21/h3-10,12H,11H2,1-2H3,(H2,22,23,24,25). The molecular weight excluding hydrogens is 380 g/mol. The van der Waals surface area contributed by atoms with Gasteiger partial charge in [-0.2, -0.15) is 0 Å². The SMILES string of the molecule is COC(=O)c1ccc(Cl)c(Nc2cc(NCc3ccc(OC)cc3)ncn2)c1. The lowest BCUT2D eigenvalue weighted by Crippen LogP contribution is -2.04. The minimum atomic E-state index is -0.441. The molecule has 1 aromatic heterocycles. The van der Waals surface area contributed by atoms with Crippen molar-refractivity contribution >= 4 is 34.9 Å². The van der Waals surface area contributed by atoms with Gasteiger partial charge in [-0.1, -0.05) is 23.7 Å². The number of carbonyl (C=O) groups excluding carboxylic acids is 1. The Hall–Kier alpha value is -3.32. The summed E-state index contributed by atoms with van der Waals surface area (Å²) in [6, 6.07) is 14.3. The third-order valence-corrected chi connectivity index (χ3v) is 4.28. The van der Waals surface area contributed by atoms with Crippen LogP contribution in [-0.2, 0) is 11.3 Å². The summed E-state index contributed by atoms with van der Waals surface area (Å²) < 4.78 is 9.89. The predicted octanol–water partition coefficient (Wildman–Crippen LogP) is 4.28. The van der Waals surface area contributed by atoms with Gasteiger partial charge in [-0.05, 0) is 35.9 Å². The van der Waals surface area contributed by atoms with Crippen molar-refractivity contribution in [2.24, 2.45) is 0 Å². The van der Waals surface area contributed by atoms with Gasteiger partial charge in [-0.3, -0.25) is 0 Å². The lowest BCUT2D eigenvalue weighted by Gasteiger charge is -2.11. The number of aromatic nitrogens is 2. The molecule has 0 radical (unpaired) electrons. The molecule has 2 aromatic carbocycles. The van der Waals surface area contributed by atoms with Gasteiger partial charge in [-0.25, -0.2) is 14.8 Å². The minimum Gasteiger partial charge on any atom is -0.497 e. The van der Waals surface area contributed by atoms with E-state index in [0.29, 0.717) is 34.5 Å². The highest BCUT2D eigenvalue weighted by molar-refractivity contribution is 6.33. The maximum absolute atomic E-state index is 11.7. The van der Waals surface area contributed by atoms with Crippen molar-refractivity contribution in [1.82, 2.24) is 9.97 Å². The van der Waals surface area contributed by atoms with Crippen LogP contribution in [0.2, 0.25) is 5.02 Å². The van der Waals surface area contributed by atoms with Gasteiger partial charge in [0, 0.05) is 12.6 Å². The molecule has 0 aliphatic carbocycles. The molecule has 0 spiro atoms. The Bertz CT molecular complexity index is 964. The minimum absolute atomic E-state index is 0.390.